The number of fused-ring (bicyclic) bond motifs is 1. The fourth-order valence-electron chi connectivity index (χ4n) is 3.31. The van der Waals surface area contributed by atoms with E-state index < -0.39 is 10.0 Å². The summed E-state index contributed by atoms with van der Waals surface area (Å²) in [5.41, 5.74) is 3.47. The minimum atomic E-state index is -3.65. The first-order chi connectivity index (χ1) is 15.0. The zero-order valence-corrected chi connectivity index (χ0v) is 18.3. The summed E-state index contributed by atoms with van der Waals surface area (Å²) in [5, 5.41) is 0. The number of ether oxygens (including phenoxy) is 1. The number of imidazole rings is 1. The minimum Gasteiger partial charge on any atom is -0.494 e. The second kappa shape index (κ2) is 8.87. The second-order valence-electron chi connectivity index (χ2n) is 7.17. The van der Waals surface area contributed by atoms with Gasteiger partial charge in [-0.2, -0.15) is 0 Å². The van der Waals surface area contributed by atoms with Crippen LogP contribution < -0.4 is 9.46 Å². The molecule has 0 atom stereocenters. The Morgan fingerprint density at radius 2 is 1.77 bits per heavy atom. The van der Waals surface area contributed by atoms with E-state index in [0.717, 1.165) is 22.4 Å². The van der Waals surface area contributed by atoms with E-state index in [1.54, 1.807) is 30.5 Å². The van der Waals surface area contributed by atoms with Gasteiger partial charge in [0.1, 0.15) is 17.1 Å². The molecule has 31 heavy (non-hydrogen) atoms. The van der Waals surface area contributed by atoms with Crippen LogP contribution in [-0.4, -0.2) is 29.6 Å². The molecule has 2 aromatic heterocycles. The van der Waals surface area contributed by atoms with Crippen LogP contribution in [0, 0.1) is 6.92 Å². The van der Waals surface area contributed by atoms with Gasteiger partial charge in [0.2, 0.25) is 10.0 Å². The number of hydrogen-bond donors (Lipinski definition) is 1. The SMILES string of the molecule is CCOc1ccc(Cn2c(CNS(=O)(=O)c3ccc(C)cc3)nc3cccnc32)cc1. The van der Waals surface area contributed by atoms with Crippen molar-refractivity contribution in [2.75, 3.05) is 6.61 Å². The molecule has 0 fully saturated rings. The summed E-state index contributed by atoms with van der Waals surface area (Å²) < 4.78 is 35.6. The van der Waals surface area contributed by atoms with Crippen molar-refractivity contribution in [3.05, 3.63) is 83.8 Å². The van der Waals surface area contributed by atoms with Crippen LogP contribution in [0.1, 0.15) is 23.9 Å². The fraction of sp³-hybridized carbons (Fsp3) is 0.217. The van der Waals surface area contributed by atoms with Gasteiger partial charge in [-0.05, 0) is 55.8 Å². The lowest BCUT2D eigenvalue weighted by molar-refractivity contribution is 0.340. The number of aryl methyl sites for hydroxylation is 1. The Kier molecular flexibility index (Phi) is 6.01. The van der Waals surface area contributed by atoms with Crippen LogP contribution in [0.15, 0.2) is 71.8 Å². The van der Waals surface area contributed by atoms with Gasteiger partial charge in [0.25, 0.3) is 0 Å². The van der Waals surface area contributed by atoms with Crippen molar-refractivity contribution in [1.82, 2.24) is 19.3 Å². The fourth-order valence-corrected chi connectivity index (χ4v) is 4.29. The zero-order valence-electron chi connectivity index (χ0n) is 17.4. The van der Waals surface area contributed by atoms with Crippen LogP contribution in [0.2, 0.25) is 0 Å². The number of hydrogen-bond acceptors (Lipinski definition) is 5. The van der Waals surface area contributed by atoms with Crippen molar-refractivity contribution in [2.24, 2.45) is 0 Å². The highest BCUT2D eigenvalue weighted by atomic mass is 32.2. The lowest BCUT2D eigenvalue weighted by Gasteiger charge is -2.11. The van der Waals surface area contributed by atoms with Gasteiger partial charge in [0, 0.05) is 6.20 Å². The van der Waals surface area contributed by atoms with Crippen molar-refractivity contribution < 1.29 is 13.2 Å². The molecule has 7 nitrogen and oxygen atoms in total. The molecule has 0 bridgehead atoms. The van der Waals surface area contributed by atoms with Gasteiger partial charge >= 0.3 is 0 Å². The van der Waals surface area contributed by atoms with E-state index in [0.29, 0.717) is 24.6 Å². The van der Waals surface area contributed by atoms with Crippen LogP contribution >= 0.6 is 0 Å². The highest BCUT2D eigenvalue weighted by Gasteiger charge is 2.17. The molecule has 0 saturated carbocycles. The molecule has 0 spiro atoms. The summed E-state index contributed by atoms with van der Waals surface area (Å²) in [6.45, 7) is 5.05. The number of nitrogens with one attached hydrogen (secondary N) is 1. The first-order valence-electron chi connectivity index (χ1n) is 10.0. The molecule has 0 aliphatic carbocycles. The molecule has 8 heteroatoms. The summed E-state index contributed by atoms with van der Waals surface area (Å²) in [5.74, 6) is 1.41. The molecule has 0 saturated heterocycles. The molecular formula is C23H24N4O3S. The third-order valence-corrected chi connectivity index (χ3v) is 6.33. The van der Waals surface area contributed by atoms with E-state index in [1.807, 2.05) is 54.8 Å². The van der Waals surface area contributed by atoms with Gasteiger partial charge in [0.15, 0.2) is 5.65 Å². The van der Waals surface area contributed by atoms with E-state index >= 15 is 0 Å². The molecule has 1 N–H and O–H groups in total. The molecule has 4 aromatic rings. The first-order valence-corrected chi connectivity index (χ1v) is 11.5. The number of nitrogens with zero attached hydrogens (tertiary/aromatic N) is 3. The number of rotatable bonds is 8. The van der Waals surface area contributed by atoms with Crippen molar-refractivity contribution in [1.29, 1.82) is 0 Å². The maximum Gasteiger partial charge on any atom is 0.240 e. The third-order valence-electron chi connectivity index (χ3n) is 4.91. The van der Waals surface area contributed by atoms with E-state index in [9.17, 15) is 8.42 Å². The van der Waals surface area contributed by atoms with Crippen LogP contribution in [0.4, 0.5) is 0 Å². The van der Waals surface area contributed by atoms with Crippen molar-refractivity contribution in [3.63, 3.8) is 0 Å². The molecule has 4 rings (SSSR count). The summed E-state index contributed by atoms with van der Waals surface area (Å²) in [7, 11) is -3.65. The molecular weight excluding hydrogens is 412 g/mol. The van der Waals surface area contributed by atoms with Gasteiger partial charge in [-0.1, -0.05) is 29.8 Å². The summed E-state index contributed by atoms with van der Waals surface area (Å²) in [6.07, 6.45) is 1.71. The largest absolute Gasteiger partial charge is 0.494 e. The molecule has 0 unspecified atom stereocenters. The topological polar surface area (TPSA) is 86.1 Å². The van der Waals surface area contributed by atoms with Gasteiger partial charge in [-0.15, -0.1) is 0 Å². The van der Waals surface area contributed by atoms with Gasteiger partial charge in [-0.25, -0.2) is 23.1 Å². The van der Waals surface area contributed by atoms with E-state index in [-0.39, 0.29) is 11.4 Å². The average Bonchev–Trinajstić information content (AvgIpc) is 3.12. The third kappa shape index (κ3) is 4.76. The maximum atomic E-state index is 12.7. The Hall–Kier alpha value is -3.23. The standard InChI is InChI=1S/C23H24N4O3S/c1-3-30-19-10-8-18(9-11-19)16-27-22(26-21-5-4-14-24-23(21)27)15-25-31(28,29)20-12-6-17(2)7-13-20/h4-14,25H,3,15-16H2,1-2H3. The van der Waals surface area contributed by atoms with Crippen molar-refractivity contribution in [2.45, 2.75) is 31.8 Å². The van der Waals surface area contributed by atoms with Gasteiger partial charge in [0.05, 0.1) is 24.6 Å². The van der Waals surface area contributed by atoms with Crippen molar-refractivity contribution in [3.8, 4) is 5.75 Å². The van der Waals surface area contributed by atoms with Crippen LogP contribution in [-0.2, 0) is 23.1 Å². The predicted octanol–water partition coefficient (Wildman–Crippen LogP) is 3.67. The molecule has 0 radical (unpaired) electrons. The number of benzene rings is 2. The lowest BCUT2D eigenvalue weighted by Crippen LogP contribution is -2.25. The summed E-state index contributed by atoms with van der Waals surface area (Å²) in [4.78, 5) is 9.30. The highest BCUT2D eigenvalue weighted by Crippen LogP contribution is 2.19. The number of sulfonamides is 1. The van der Waals surface area contributed by atoms with Crippen LogP contribution in [0.3, 0.4) is 0 Å². The van der Waals surface area contributed by atoms with Crippen molar-refractivity contribution >= 4 is 21.2 Å². The number of aromatic nitrogens is 3. The Balaban J connectivity index is 1.61. The Morgan fingerprint density at radius 3 is 2.48 bits per heavy atom. The van der Waals surface area contributed by atoms with E-state index in [2.05, 4.69) is 14.7 Å². The number of pyridine rings is 1. The predicted molar refractivity (Wildman–Crippen MR) is 119 cm³/mol. The Morgan fingerprint density at radius 1 is 1.03 bits per heavy atom. The molecule has 2 aromatic carbocycles. The molecule has 160 valence electrons. The Labute approximate surface area is 181 Å². The average molecular weight is 437 g/mol. The summed E-state index contributed by atoms with van der Waals surface area (Å²) in [6, 6.07) is 18.3. The normalized spacial score (nSPS) is 11.7. The monoisotopic (exact) mass is 436 g/mol. The van der Waals surface area contributed by atoms with E-state index in [1.165, 1.54) is 0 Å². The first kappa shape index (κ1) is 21.0. The Bertz CT molecular complexity index is 1280. The summed E-state index contributed by atoms with van der Waals surface area (Å²) >= 11 is 0. The zero-order chi connectivity index (χ0) is 21.8. The van der Waals surface area contributed by atoms with Gasteiger partial charge in [-0.3, -0.25) is 0 Å². The quantitative estimate of drug-likeness (QED) is 0.456. The van der Waals surface area contributed by atoms with E-state index in [4.69, 9.17) is 4.74 Å². The molecule has 0 aliphatic rings. The lowest BCUT2D eigenvalue weighted by atomic mass is 10.2. The minimum absolute atomic E-state index is 0.0591. The van der Waals surface area contributed by atoms with Crippen LogP contribution in [0.25, 0.3) is 11.2 Å². The van der Waals surface area contributed by atoms with Gasteiger partial charge < -0.3 is 9.30 Å². The molecule has 0 amide bonds. The van der Waals surface area contributed by atoms with Crippen LogP contribution in [0.5, 0.6) is 5.75 Å². The maximum absolute atomic E-state index is 12.7. The second-order valence-corrected chi connectivity index (χ2v) is 8.94. The smallest absolute Gasteiger partial charge is 0.240 e. The molecule has 2 heterocycles. The highest BCUT2D eigenvalue weighted by molar-refractivity contribution is 7.89. The molecule has 0 aliphatic heterocycles.